The van der Waals surface area contributed by atoms with E-state index < -0.39 is 0 Å². The topological polar surface area (TPSA) is 15.3 Å². The standard InChI is InChI=1S/C12H24N2/c1-10-5-7-14(11(10)2)9-12-4-3-6-13-8-12/h10-13H,3-9H2,1-2H3/t10?,11?,12-/m1/s1. The van der Waals surface area contributed by atoms with E-state index in [2.05, 4.69) is 24.1 Å². The third-order valence-electron chi connectivity index (χ3n) is 4.16. The van der Waals surface area contributed by atoms with E-state index in [4.69, 9.17) is 0 Å². The molecule has 14 heavy (non-hydrogen) atoms. The summed E-state index contributed by atoms with van der Waals surface area (Å²) >= 11 is 0. The Morgan fingerprint density at radius 2 is 2.14 bits per heavy atom. The maximum absolute atomic E-state index is 3.51. The molecule has 0 aromatic heterocycles. The molecule has 82 valence electrons. The Kier molecular flexibility index (Phi) is 3.45. The quantitative estimate of drug-likeness (QED) is 0.723. The lowest BCUT2D eigenvalue weighted by molar-refractivity contribution is 0.191. The van der Waals surface area contributed by atoms with Crippen LogP contribution < -0.4 is 5.32 Å². The van der Waals surface area contributed by atoms with Crippen LogP contribution in [0.2, 0.25) is 0 Å². The normalized spacial score (nSPS) is 40.3. The fourth-order valence-corrected chi connectivity index (χ4v) is 2.84. The molecule has 2 unspecified atom stereocenters. The van der Waals surface area contributed by atoms with Crippen LogP contribution in [0.5, 0.6) is 0 Å². The second kappa shape index (κ2) is 4.63. The second-order valence-corrected chi connectivity index (χ2v) is 5.21. The zero-order valence-electron chi connectivity index (χ0n) is 9.63. The van der Waals surface area contributed by atoms with Crippen molar-refractivity contribution >= 4 is 0 Å². The molecule has 3 atom stereocenters. The van der Waals surface area contributed by atoms with E-state index in [9.17, 15) is 0 Å². The molecule has 2 heteroatoms. The summed E-state index contributed by atoms with van der Waals surface area (Å²) in [5.74, 6) is 1.82. The highest BCUT2D eigenvalue weighted by Crippen LogP contribution is 2.25. The summed E-state index contributed by atoms with van der Waals surface area (Å²) in [6.45, 7) is 9.94. The van der Waals surface area contributed by atoms with E-state index >= 15 is 0 Å². The molecule has 2 fully saturated rings. The summed E-state index contributed by atoms with van der Waals surface area (Å²) in [6, 6.07) is 0.817. The number of nitrogens with one attached hydrogen (secondary N) is 1. The summed E-state index contributed by atoms with van der Waals surface area (Å²) in [5.41, 5.74) is 0. The zero-order valence-corrected chi connectivity index (χ0v) is 9.63. The van der Waals surface area contributed by atoms with Crippen molar-refractivity contribution in [3.8, 4) is 0 Å². The van der Waals surface area contributed by atoms with Crippen LogP contribution in [0.4, 0.5) is 0 Å². The van der Waals surface area contributed by atoms with Gasteiger partial charge < -0.3 is 10.2 Å². The van der Waals surface area contributed by atoms with Crippen LogP contribution >= 0.6 is 0 Å². The van der Waals surface area contributed by atoms with E-state index in [0.717, 1.165) is 17.9 Å². The molecule has 2 rings (SSSR count). The molecule has 0 saturated carbocycles. The lowest BCUT2D eigenvalue weighted by Crippen LogP contribution is -2.40. The van der Waals surface area contributed by atoms with Gasteiger partial charge in [0, 0.05) is 12.6 Å². The second-order valence-electron chi connectivity index (χ2n) is 5.21. The number of rotatable bonds is 2. The number of likely N-dealkylation sites (tertiary alicyclic amines) is 1. The van der Waals surface area contributed by atoms with Gasteiger partial charge in [-0.1, -0.05) is 6.92 Å². The van der Waals surface area contributed by atoms with E-state index in [1.54, 1.807) is 0 Å². The Bertz CT molecular complexity index is 175. The molecular weight excluding hydrogens is 172 g/mol. The monoisotopic (exact) mass is 196 g/mol. The SMILES string of the molecule is CC1CCN(C[C@@H]2CCCNC2)C1C. The van der Waals surface area contributed by atoms with E-state index in [1.165, 1.54) is 45.4 Å². The van der Waals surface area contributed by atoms with Crippen molar-refractivity contribution in [2.24, 2.45) is 11.8 Å². The van der Waals surface area contributed by atoms with Crippen molar-refractivity contribution in [2.75, 3.05) is 26.2 Å². The van der Waals surface area contributed by atoms with Gasteiger partial charge in [0.2, 0.25) is 0 Å². The summed E-state index contributed by atoms with van der Waals surface area (Å²) < 4.78 is 0. The third-order valence-corrected chi connectivity index (χ3v) is 4.16. The Hall–Kier alpha value is -0.0800. The smallest absolute Gasteiger partial charge is 0.00931 e. The fraction of sp³-hybridized carbons (Fsp3) is 1.00. The van der Waals surface area contributed by atoms with Gasteiger partial charge in [-0.3, -0.25) is 0 Å². The zero-order chi connectivity index (χ0) is 9.97. The van der Waals surface area contributed by atoms with Crippen LogP contribution in [0.1, 0.15) is 33.1 Å². The maximum atomic E-state index is 3.51. The van der Waals surface area contributed by atoms with Crippen LogP contribution in [0.15, 0.2) is 0 Å². The first-order valence-electron chi connectivity index (χ1n) is 6.22. The summed E-state index contributed by atoms with van der Waals surface area (Å²) in [5, 5.41) is 3.51. The lowest BCUT2D eigenvalue weighted by Gasteiger charge is -2.30. The molecule has 2 aliphatic rings. The van der Waals surface area contributed by atoms with Crippen molar-refractivity contribution in [2.45, 2.75) is 39.2 Å². The Morgan fingerprint density at radius 3 is 2.71 bits per heavy atom. The number of piperidine rings is 1. The molecule has 2 saturated heterocycles. The van der Waals surface area contributed by atoms with Crippen LogP contribution in [-0.4, -0.2) is 37.1 Å². The number of hydrogen-bond acceptors (Lipinski definition) is 2. The molecule has 0 aromatic carbocycles. The minimum atomic E-state index is 0.817. The van der Waals surface area contributed by atoms with Crippen LogP contribution in [0, 0.1) is 11.8 Å². The van der Waals surface area contributed by atoms with Crippen LogP contribution in [0.25, 0.3) is 0 Å². The highest BCUT2D eigenvalue weighted by atomic mass is 15.2. The lowest BCUT2D eigenvalue weighted by atomic mass is 9.98. The highest BCUT2D eigenvalue weighted by molar-refractivity contribution is 4.83. The van der Waals surface area contributed by atoms with Gasteiger partial charge in [0.1, 0.15) is 0 Å². The van der Waals surface area contributed by atoms with Crippen molar-refractivity contribution in [1.29, 1.82) is 0 Å². The molecule has 0 spiro atoms. The van der Waals surface area contributed by atoms with Gasteiger partial charge in [0.25, 0.3) is 0 Å². The minimum absolute atomic E-state index is 0.817. The minimum Gasteiger partial charge on any atom is -0.316 e. The summed E-state index contributed by atoms with van der Waals surface area (Å²) in [6.07, 6.45) is 4.22. The predicted molar refractivity (Wildman–Crippen MR) is 60.4 cm³/mol. The molecule has 2 aliphatic heterocycles. The Morgan fingerprint density at radius 1 is 1.29 bits per heavy atom. The largest absolute Gasteiger partial charge is 0.316 e. The first-order chi connectivity index (χ1) is 6.77. The van der Waals surface area contributed by atoms with E-state index in [1.807, 2.05) is 0 Å². The molecule has 0 radical (unpaired) electrons. The molecule has 2 nitrogen and oxygen atoms in total. The Labute approximate surface area is 88.1 Å². The summed E-state index contributed by atoms with van der Waals surface area (Å²) in [4.78, 5) is 2.70. The molecule has 0 aliphatic carbocycles. The van der Waals surface area contributed by atoms with Crippen molar-refractivity contribution in [3.63, 3.8) is 0 Å². The molecule has 0 aromatic rings. The first kappa shape index (κ1) is 10.4. The van der Waals surface area contributed by atoms with E-state index in [-0.39, 0.29) is 0 Å². The van der Waals surface area contributed by atoms with E-state index in [0.29, 0.717) is 0 Å². The van der Waals surface area contributed by atoms with Crippen molar-refractivity contribution in [1.82, 2.24) is 10.2 Å². The molecule has 2 heterocycles. The number of hydrogen-bond donors (Lipinski definition) is 1. The molecular formula is C12H24N2. The van der Waals surface area contributed by atoms with Gasteiger partial charge in [-0.2, -0.15) is 0 Å². The van der Waals surface area contributed by atoms with Gasteiger partial charge in [-0.15, -0.1) is 0 Å². The van der Waals surface area contributed by atoms with Crippen LogP contribution in [0.3, 0.4) is 0 Å². The molecule has 1 N–H and O–H groups in total. The molecule has 0 bridgehead atoms. The highest BCUT2D eigenvalue weighted by Gasteiger charge is 2.29. The number of nitrogens with zero attached hydrogens (tertiary/aromatic N) is 1. The molecule has 0 amide bonds. The van der Waals surface area contributed by atoms with Gasteiger partial charge in [-0.05, 0) is 57.7 Å². The van der Waals surface area contributed by atoms with Crippen molar-refractivity contribution < 1.29 is 0 Å². The van der Waals surface area contributed by atoms with Crippen molar-refractivity contribution in [3.05, 3.63) is 0 Å². The van der Waals surface area contributed by atoms with Gasteiger partial charge >= 0.3 is 0 Å². The third kappa shape index (κ3) is 2.29. The maximum Gasteiger partial charge on any atom is 0.00931 e. The first-order valence-corrected chi connectivity index (χ1v) is 6.22. The Balaban J connectivity index is 1.79. The van der Waals surface area contributed by atoms with Gasteiger partial charge in [-0.25, -0.2) is 0 Å². The average molecular weight is 196 g/mol. The van der Waals surface area contributed by atoms with Gasteiger partial charge in [0.15, 0.2) is 0 Å². The summed E-state index contributed by atoms with van der Waals surface area (Å²) in [7, 11) is 0. The van der Waals surface area contributed by atoms with Gasteiger partial charge in [0.05, 0.1) is 0 Å². The average Bonchev–Trinajstić information content (AvgIpc) is 2.52. The predicted octanol–water partition coefficient (Wildman–Crippen LogP) is 1.72. The van der Waals surface area contributed by atoms with Crippen LogP contribution in [-0.2, 0) is 0 Å². The fourth-order valence-electron chi connectivity index (χ4n) is 2.84.